The summed E-state index contributed by atoms with van der Waals surface area (Å²) >= 11 is 0. The summed E-state index contributed by atoms with van der Waals surface area (Å²) in [6, 6.07) is 3.75. The number of ether oxygens (including phenoxy) is 2. The van der Waals surface area contributed by atoms with Crippen LogP contribution in [0.2, 0.25) is 0 Å². The monoisotopic (exact) mass is 264 g/mol. The van der Waals surface area contributed by atoms with Crippen LogP contribution in [0.4, 0.5) is 13.2 Å². The molecule has 0 saturated carbocycles. The van der Waals surface area contributed by atoms with E-state index in [0.29, 0.717) is 0 Å². The van der Waals surface area contributed by atoms with Crippen LogP contribution in [0, 0.1) is 0 Å². The predicted octanol–water partition coefficient (Wildman–Crippen LogP) is 2.61. The summed E-state index contributed by atoms with van der Waals surface area (Å²) in [7, 11) is 0. The van der Waals surface area contributed by atoms with Crippen molar-refractivity contribution in [2.75, 3.05) is 6.61 Å². The van der Waals surface area contributed by atoms with Crippen LogP contribution in [-0.2, 0) is 11.2 Å². The normalized spacial score (nSPS) is 11.1. The predicted molar refractivity (Wildman–Crippen MR) is 55.6 cm³/mol. The van der Waals surface area contributed by atoms with Crippen molar-refractivity contribution < 1.29 is 32.5 Å². The Kier molecular flexibility index (Phi) is 4.41. The lowest BCUT2D eigenvalue weighted by Gasteiger charge is -2.15. The average Bonchev–Trinajstić information content (AvgIpc) is 2.20. The molecule has 0 bridgehead atoms. The Morgan fingerprint density at radius 1 is 1.33 bits per heavy atom. The highest BCUT2D eigenvalue weighted by Crippen LogP contribution is 2.33. The number of hydrogen-bond donors (Lipinski definition) is 1. The highest BCUT2D eigenvalue weighted by Gasteiger charge is 2.33. The molecular weight excluding hydrogens is 253 g/mol. The van der Waals surface area contributed by atoms with Gasteiger partial charge >= 0.3 is 12.3 Å². The lowest BCUT2D eigenvalue weighted by Crippen LogP contribution is -2.19. The minimum Gasteiger partial charge on any atom is -0.493 e. The molecular formula is C11H11F3O4. The minimum absolute atomic E-state index is 0.0710. The maximum absolute atomic E-state index is 12.2. The molecule has 0 heterocycles. The Labute approximate surface area is 101 Å². The zero-order chi connectivity index (χ0) is 13.8. The Balaban J connectivity index is 3.14. The quantitative estimate of drug-likeness (QED) is 0.888. The van der Waals surface area contributed by atoms with Gasteiger partial charge < -0.3 is 14.6 Å². The largest absolute Gasteiger partial charge is 0.573 e. The van der Waals surface area contributed by atoms with Crippen LogP contribution in [0.15, 0.2) is 18.2 Å². The number of carboxylic acids is 1. The number of rotatable bonds is 5. The number of hydrogen-bond acceptors (Lipinski definition) is 3. The van der Waals surface area contributed by atoms with Gasteiger partial charge in [-0.1, -0.05) is 6.07 Å². The van der Waals surface area contributed by atoms with Gasteiger partial charge in [0.1, 0.15) is 11.5 Å². The molecule has 100 valence electrons. The molecule has 0 amide bonds. The number of carboxylic acid groups (broad SMARTS) is 1. The number of aliphatic carboxylic acids is 1. The van der Waals surface area contributed by atoms with Crippen molar-refractivity contribution in [1.29, 1.82) is 0 Å². The van der Waals surface area contributed by atoms with Gasteiger partial charge in [0.25, 0.3) is 0 Å². The van der Waals surface area contributed by atoms with Crippen LogP contribution >= 0.6 is 0 Å². The molecule has 1 rings (SSSR count). The SMILES string of the molecule is CCOc1cccc(OC(F)(F)F)c1CC(=O)O. The summed E-state index contributed by atoms with van der Waals surface area (Å²) in [5, 5.41) is 8.69. The molecule has 0 saturated heterocycles. The molecule has 1 aromatic carbocycles. The van der Waals surface area contributed by atoms with E-state index in [4.69, 9.17) is 9.84 Å². The molecule has 4 nitrogen and oxygen atoms in total. The number of alkyl halides is 3. The van der Waals surface area contributed by atoms with E-state index in [9.17, 15) is 18.0 Å². The third-order valence-electron chi connectivity index (χ3n) is 1.94. The molecule has 0 aliphatic heterocycles. The van der Waals surface area contributed by atoms with E-state index in [0.717, 1.165) is 6.07 Å². The van der Waals surface area contributed by atoms with Gasteiger partial charge in [-0.05, 0) is 19.1 Å². The van der Waals surface area contributed by atoms with Crippen molar-refractivity contribution in [3.05, 3.63) is 23.8 Å². The summed E-state index contributed by atoms with van der Waals surface area (Å²) < 4.78 is 45.4. The van der Waals surface area contributed by atoms with Crippen LogP contribution in [0.5, 0.6) is 11.5 Å². The first-order chi connectivity index (χ1) is 8.33. The first kappa shape index (κ1) is 14.1. The number of halogens is 3. The molecule has 0 aliphatic rings. The summed E-state index contributed by atoms with van der Waals surface area (Å²) in [4.78, 5) is 10.7. The molecule has 0 fully saturated rings. The van der Waals surface area contributed by atoms with E-state index in [2.05, 4.69) is 4.74 Å². The molecule has 0 radical (unpaired) electrons. The van der Waals surface area contributed by atoms with Crippen molar-refractivity contribution in [3.8, 4) is 11.5 Å². The van der Waals surface area contributed by atoms with Crippen LogP contribution < -0.4 is 9.47 Å². The van der Waals surface area contributed by atoms with Gasteiger partial charge in [0.05, 0.1) is 13.0 Å². The van der Waals surface area contributed by atoms with Gasteiger partial charge in [0.2, 0.25) is 0 Å². The van der Waals surface area contributed by atoms with Crippen molar-refractivity contribution in [1.82, 2.24) is 0 Å². The summed E-state index contributed by atoms with van der Waals surface area (Å²) in [5.74, 6) is -1.76. The van der Waals surface area contributed by atoms with Crippen molar-refractivity contribution in [2.45, 2.75) is 19.7 Å². The third-order valence-corrected chi connectivity index (χ3v) is 1.94. The first-order valence-electron chi connectivity index (χ1n) is 5.05. The van der Waals surface area contributed by atoms with Crippen molar-refractivity contribution in [2.24, 2.45) is 0 Å². The second-order valence-corrected chi connectivity index (χ2v) is 3.28. The minimum atomic E-state index is -4.88. The van der Waals surface area contributed by atoms with E-state index < -0.39 is 24.5 Å². The molecule has 1 N–H and O–H groups in total. The van der Waals surface area contributed by atoms with Crippen molar-refractivity contribution >= 4 is 5.97 Å². The Morgan fingerprint density at radius 3 is 2.44 bits per heavy atom. The Morgan fingerprint density at radius 2 is 1.94 bits per heavy atom. The Hall–Kier alpha value is -1.92. The molecule has 1 aromatic rings. The lowest BCUT2D eigenvalue weighted by molar-refractivity contribution is -0.275. The van der Waals surface area contributed by atoms with Crippen molar-refractivity contribution in [3.63, 3.8) is 0 Å². The van der Waals surface area contributed by atoms with E-state index in [1.54, 1.807) is 6.92 Å². The van der Waals surface area contributed by atoms with E-state index in [1.165, 1.54) is 12.1 Å². The highest BCUT2D eigenvalue weighted by molar-refractivity contribution is 5.73. The highest BCUT2D eigenvalue weighted by atomic mass is 19.4. The third kappa shape index (κ3) is 4.15. The van der Waals surface area contributed by atoms with Gasteiger partial charge in [0.15, 0.2) is 0 Å². The fourth-order valence-corrected chi connectivity index (χ4v) is 1.38. The molecule has 0 spiro atoms. The first-order valence-corrected chi connectivity index (χ1v) is 5.05. The maximum atomic E-state index is 12.2. The lowest BCUT2D eigenvalue weighted by atomic mass is 10.1. The van der Waals surface area contributed by atoms with E-state index in [1.807, 2.05) is 0 Å². The summed E-state index contributed by atoms with van der Waals surface area (Å²) in [5.41, 5.74) is -0.135. The zero-order valence-corrected chi connectivity index (χ0v) is 9.45. The Bertz CT molecular complexity index is 429. The van der Waals surface area contributed by atoms with E-state index >= 15 is 0 Å². The van der Waals surface area contributed by atoms with Gasteiger partial charge in [0, 0.05) is 5.56 Å². The maximum Gasteiger partial charge on any atom is 0.573 e. The summed E-state index contributed by atoms with van der Waals surface area (Å²) in [6.07, 6.45) is -5.49. The fraction of sp³-hybridized carbons (Fsp3) is 0.364. The topological polar surface area (TPSA) is 55.8 Å². The number of carbonyl (C=O) groups is 1. The molecule has 18 heavy (non-hydrogen) atoms. The van der Waals surface area contributed by atoms with Crippen LogP contribution in [0.1, 0.15) is 12.5 Å². The fourth-order valence-electron chi connectivity index (χ4n) is 1.38. The smallest absolute Gasteiger partial charge is 0.493 e. The second kappa shape index (κ2) is 5.61. The molecule has 0 aliphatic carbocycles. The van der Waals surface area contributed by atoms with Gasteiger partial charge in [-0.15, -0.1) is 13.2 Å². The molecule has 0 aromatic heterocycles. The van der Waals surface area contributed by atoms with E-state index in [-0.39, 0.29) is 17.9 Å². The van der Waals surface area contributed by atoms with Crippen LogP contribution in [0.3, 0.4) is 0 Å². The standard InChI is InChI=1S/C11H11F3O4/c1-2-17-8-4-3-5-9(18-11(12,13)14)7(8)6-10(15)16/h3-5H,2,6H2,1H3,(H,15,16). The number of benzene rings is 1. The van der Waals surface area contributed by atoms with Gasteiger partial charge in [-0.3, -0.25) is 4.79 Å². The molecule has 0 atom stereocenters. The van der Waals surface area contributed by atoms with Crippen LogP contribution in [0.25, 0.3) is 0 Å². The zero-order valence-electron chi connectivity index (χ0n) is 9.45. The average molecular weight is 264 g/mol. The molecule has 7 heteroatoms. The van der Waals surface area contributed by atoms with Gasteiger partial charge in [-0.25, -0.2) is 0 Å². The molecule has 0 unspecified atom stereocenters. The van der Waals surface area contributed by atoms with Crippen LogP contribution in [-0.4, -0.2) is 24.0 Å². The second-order valence-electron chi connectivity index (χ2n) is 3.28. The summed E-state index contributed by atoms with van der Waals surface area (Å²) in [6.45, 7) is 1.85. The van der Waals surface area contributed by atoms with Gasteiger partial charge in [-0.2, -0.15) is 0 Å².